The number of carbonyl (C=O) groups is 1. The average molecular weight is 174 g/mol. The molecule has 0 rings (SSSR count). The van der Waals surface area contributed by atoms with Gasteiger partial charge in [-0.1, -0.05) is 20.8 Å². The molecule has 0 radical (unpaired) electrons. The van der Waals surface area contributed by atoms with Crippen LogP contribution in [0.4, 0.5) is 0 Å². The Morgan fingerprint density at radius 3 is 2.33 bits per heavy atom. The molecule has 0 saturated heterocycles. The summed E-state index contributed by atoms with van der Waals surface area (Å²) < 4.78 is 0. The predicted octanol–water partition coefficient (Wildman–Crippen LogP) is 1.65. The lowest BCUT2D eigenvalue weighted by atomic mass is 9.81. The van der Waals surface area contributed by atoms with Crippen molar-refractivity contribution in [1.82, 2.24) is 0 Å². The van der Waals surface area contributed by atoms with Crippen LogP contribution in [0.2, 0.25) is 0 Å². The lowest BCUT2D eigenvalue weighted by Crippen LogP contribution is -2.29. The molecule has 0 aliphatic rings. The summed E-state index contributed by atoms with van der Waals surface area (Å²) in [5.74, 6) is -0.800. The zero-order valence-corrected chi connectivity index (χ0v) is 8.00. The summed E-state index contributed by atoms with van der Waals surface area (Å²) in [5.41, 5.74) is -0.285. The molecule has 0 amide bonds. The van der Waals surface area contributed by atoms with Crippen LogP contribution in [0.15, 0.2) is 0 Å². The third-order valence-electron chi connectivity index (χ3n) is 2.27. The SMILES string of the molecule is CCC(O)C(C)(C)CCC(=O)O. The molecule has 1 unspecified atom stereocenters. The first kappa shape index (κ1) is 11.4. The van der Waals surface area contributed by atoms with Crippen molar-refractivity contribution in [2.75, 3.05) is 0 Å². The number of aliphatic carboxylic acids is 1. The molecule has 0 aromatic rings. The van der Waals surface area contributed by atoms with E-state index in [1.807, 2.05) is 20.8 Å². The summed E-state index contributed by atoms with van der Waals surface area (Å²) in [6, 6.07) is 0. The summed E-state index contributed by atoms with van der Waals surface area (Å²) in [7, 11) is 0. The van der Waals surface area contributed by atoms with E-state index >= 15 is 0 Å². The van der Waals surface area contributed by atoms with Crippen LogP contribution >= 0.6 is 0 Å². The third-order valence-corrected chi connectivity index (χ3v) is 2.27. The van der Waals surface area contributed by atoms with Gasteiger partial charge in [-0.3, -0.25) is 4.79 Å². The highest BCUT2D eigenvalue weighted by Gasteiger charge is 2.26. The first-order chi connectivity index (χ1) is 5.40. The van der Waals surface area contributed by atoms with Crippen molar-refractivity contribution in [3.05, 3.63) is 0 Å². The number of hydrogen-bond donors (Lipinski definition) is 2. The van der Waals surface area contributed by atoms with E-state index in [1.54, 1.807) is 0 Å². The Bertz CT molecular complexity index is 152. The molecule has 0 aliphatic carbocycles. The summed E-state index contributed by atoms with van der Waals surface area (Å²) in [6.07, 6.45) is 0.922. The topological polar surface area (TPSA) is 57.5 Å². The lowest BCUT2D eigenvalue weighted by molar-refractivity contribution is -0.138. The van der Waals surface area contributed by atoms with E-state index in [1.165, 1.54) is 0 Å². The molecule has 0 fully saturated rings. The quantitative estimate of drug-likeness (QED) is 0.666. The standard InChI is InChI=1S/C9H18O3/c1-4-7(10)9(2,3)6-5-8(11)12/h7,10H,4-6H2,1-3H3,(H,11,12). The second-order valence-corrected chi connectivity index (χ2v) is 3.81. The number of rotatable bonds is 5. The van der Waals surface area contributed by atoms with Crippen molar-refractivity contribution in [1.29, 1.82) is 0 Å². The number of aliphatic hydroxyl groups is 1. The predicted molar refractivity (Wildman–Crippen MR) is 46.9 cm³/mol. The highest BCUT2D eigenvalue weighted by Crippen LogP contribution is 2.28. The van der Waals surface area contributed by atoms with Gasteiger partial charge in [0.2, 0.25) is 0 Å². The average Bonchev–Trinajstić information content (AvgIpc) is 1.99. The smallest absolute Gasteiger partial charge is 0.303 e. The molecule has 3 nitrogen and oxygen atoms in total. The monoisotopic (exact) mass is 174 g/mol. The normalized spacial score (nSPS) is 14.3. The minimum absolute atomic E-state index is 0.129. The molecule has 0 heterocycles. The van der Waals surface area contributed by atoms with Crippen LogP contribution in [0.5, 0.6) is 0 Å². The lowest BCUT2D eigenvalue weighted by Gasteiger charge is -2.29. The minimum Gasteiger partial charge on any atom is -0.481 e. The van der Waals surface area contributed by atoms with Gasteiger partial charge in [-0.2, -0.15) is 0 Å². The van der Waals surface area contributed by atoms with Gasteiger partial charge >= 0.3 is 5.97 Å². The zero-order valence-electron chi connectivity index (χ0n) is 8.00. The highest BCUT2D eigenvalue weighted by molar-refractivity contribution is 5.66. The molecule has 72 valence electrons. The van der Waals surface area contributed by atoms with Gasteiger partial charge in [0.25, 0.3) is 0 Å². The van der Waals surface area contributed by atoms with Crippen molar-refractivity contribution in [2.45, 2.75) is 46.1 Å². The van der Waals surface area contributed by atoms with Gasteiger partial charge in [0.05, 0.1) is 6.10 Å². The number of carboxylic acid groups (broad SMARTS) is 1. The minimum atomic E-state index is -0.800. The zero-order chi connectivity index (χ0) is 9.78. The van der Waals surface area contributed by atoms with E-state index < -0.39 is 12.1 Å². The Morgan fingerprint density at radius 2 is 2.00 bits per heavy atom. The van der Waals surface area contributed by atoms with E-state index in [0.29, 0.717) is 12.8 Å². The molecule has 3 heteroatoms. The summed E-state index contributed by atoms with van der Waals surface area (Å²) in [5, 5.41) is 18.0. The van der Waals surface area contributed by atoms with Crippen LogP contribution in [0.25, 0.3) is 0 Å². The molecule has 12 heavy (non-hydrogen) atoms. The third kappa shape index (κ3) is 3.72. The molecule has 0 aromatic carbocycles. The fraction of sp³-hybridized carbons (Fsp3) is 0.889. The first-order valence-electron chi connectivity index (χ1n) is 4.30. The number of hydrogen-bond acceptors (Lipinski definition) is 2. The van der Waals surface area contributed by atoms with Gasteiger partial charge in [0, 0.05) is 6.42 Å². The molecule has 2 N–H and O–H groups in total. The first-order valence-corrected chi connectivity index (χ1v) is 4.30. The van der Waals surface area contributed by atoms with Gasteiger partial charge < -0.3 is 10.2 Å². The molecular formula is C9H18O3. The highest BCUT2D eigenvalue weighted by atomic mass is 16.4. The second-order valence-electron chi connectivity index (χ2n) is 3.81. The van der Waals surface area contributed by atoms with Gasteiger partial charge in [-0.15, -0.1) is 0 Å². The van der Waals surface area contributed by atoms with E-state index in [4.69, 9.17) is 5.11 Å². The molecule has 0 bridgehead atoms. The Balaban J connectivity index is 3.94. The number of carboxylic acids is 1. The van der Waals surface area contributed by atoms with Crippen molar-refractivity contribution in [3.63, 3.8) is 0 Å². The van der Waals surface area contributed by atoms with Crippen molar-refractivity contribution in [3.8, 4) is 0 Å². The van der Waals surface area contributed by atoms with Crippen molar-refractivity contribution < 1.29 is 15.0 Å². The molecule has 0 saturated carbocycles. The summed E-state index contributed by atoms with van der Waals surface area (Å²) >= 11 is 0. The van der Waals surface area contributed by atoms with Gasteiger partial charge in [-0.05, 0) is 18.3 Å². The Hall–Kier alpha value is -0.570. The fourth-order valence-electron chi connectivity index (χ4n) is 1.15. The van der Waals surface area contributed by atoms with Crippen LogP contribution < -0.4 is 0 Å². The van der Waals surface area contributed by atoms with Crippen LogP contribution in [0.3, 0.4) is 0 Å². The fourth-order valence-corrected chi connectivity index (χ4v) is 1.15. The van der Waals surface area contributed by atoms with Crippen molar-refractivity contribution >= 4 is 5.97 Å². The molecule has 0 spiro atoms. The number of aliphatic hydroxyl groups excluding tert-OH is 1. The largest absolute Gasteiger partial charge is 0.481 e. The Morgan fingerprint density at radius 1 is 1.50 bits per heavy atom. The maximum absolute atomic E-state index is 10.3. The maximum Gasteiger partial charge on any atom is 0.303 e. The van der Waals surface area contributed by atoms with Gasteiger partial charge in [0.15, 0.2) is 0 Å². The van der Waals surface area contributed by atoms with Crippen LogP contribution in [0.1, 0.15) is 40.0 Å². The summed E-state index contributed by atoms with van der Waals surface area (Å²) in [4.78, 5) is 10.3. The Kier molecular flexibility index (Phi) is 4.24. The molecule has 0 aliphatic heterocycles. The van der Waals surface area contributed by atoms with E-state index in [9.17, 15) is 9.90 Å². The van der Waals surface area contributed by atoms with E-state index in [0.717, 1.165) is 0 Å². The van der Waals surface area contributed by atoms with Crippen LogP contribution in [-0.2, 0) is 4.79 Å². The molecular weight excluding hydrogens is 156 g/mol. The summed E-state index contributed by atoms with van der Waals surface area (Å²) in [6.45, 7) is 5.68. The molecule has 0 aromatic heterocycles. The molecule has 1 atom stereocenters. The second kappa shape index (κ2) is 4.45. The van der Waals surface area contributed by atoms with Crippen LogP contribution in [0, 0.1) is 5.41 Å². The van der Waals surface area contributed by atoms with Gasteiger partial charge in [-0.25, -0.2) is 0 Å². The van der Waals surface area contributed by atoms with E-state index in [-0.39, 0.29) is 11.8 Å². The van der Waals surface area contributed by atoms with Crippen molar-refractivity contribution in [2.24, 2.45) is 5.41 Å². The maximum atomic E-state index is 10.3. The van der Waals surface area contributed by atoms with E-state index in [2.05, 4.69) is 0 Å². The van der Waals surface area contributed by atoms with Gasteiger partial charge in [0.1, 0.15) is 0 Å². The Labute approximate surface area is 73.4 Å². The van der Waals surface area contributed by atoms with Crippen LogP contribution in [-0.4, -0.2) is 22.3 Å².